The number of alkyl halides is 1. The maximum atomic E-state index is 5.74. The Bertz CT molecular complexity index is 245. The molecule has 1 nitrogen and oxygen atoms in total. The Morgan fingerprint density at radius 1 is 1.45 bits per heavy atom. The molecule has 1 rings (SSSR count). The van der Waals surface area contributed by atoms with E-state index in [9.17, 15) is 0 Å². The highest BCUT2D eigenvalue weighted by molar-refractivity contribution is 9.09. The Balaban J connectivity index is 2.86. The normalized spacial score (nSPS) is 10.0. The van der Waals surface area contributed by atoms with E-state index in [1.54, 1.807) is 0 Å². The Hall–Kier alpha value is -0.500. The standard InChI is InChI=1S/C9H12BrN/c1-7-2-3-8(4-5-10)6-9(7)11/h2-3,6H,4-5,11H2,1H3. The van der Waals surface area contributed by atoms with Gasteiger partial charge < -0.3 is 5.73 Å². The summed E-state index contributed by atoms with van der Waals surface area (Å²) in [6.45, 7) is 2.02. The second-order valence-corrected chi connectivity index (χ2v) is 3.42. The van der Waals surface area contributed by atoms with Crippen molar-refractivity contribution in [3.8, 4) is 0 Å². The van der Waals surface area contributed by atoms with E-state index >= 15 is 0 Å². The number of nitrogen functional groups attached to an aromatic ring is 1. The maximum Gasteiger partial charge on any atom is 0.0346 e. The molecule has 0 aliphatic rings. The van der Waals surface area contributed by atoms with Crippen molar-refractivity contribution >= 4 is 21.6 Å². The van der Waals surface area contributed by atoms with Gasteiger partial charge in [-0.3, -0.25) is 0 Å². The summed E-state index contributed by atoms with van der Waals surface area (Å²) in [6.07, 6.45) is 1.05. The maximum absolute atomic E-state index is 5.74. The minimum atomic E-state index is 0.892. The van der Waals surface area contributed by atoms with Gasteiger partial charge in [0.1, 0.15) is 0 Å². The van der Waals surface area contributed by atoms with Crippen LogP contribution in [0.4, 0.5) is 5.69 Å². The Morgan fingerprint density at radius 3 is 2.73 bits per heavy atom. The molecule has 0 saturated carbocycles. The third kappa shape index (κ3) is 2.22. The van der Waals surface area contributed by atoms with E-state index in [0.29, 0.717) is 0 Å². The molecule has 0 heterocycles. The van der Waals surface area contributed by atoms with E-state index in [1.165, 1.54) is 5.56 Å². The van der Waals surface area contributed by atoms with Crippen LogP contribution in [0, 0.1) is 6.92 Å². The van der Waals surface area contributed by atoms with Gasteiger partial charge in [0.2, 0.25) is 0 Å². The van der Waals surface area contributed by atoms with Crippen LogP contribution in [0.3, 0.4) is 0 Å². The van der Waals surface area contributed by atoms with Gasteiger partial charge in [0.05, 0.1) is 0 Å². The largest absolute Gasteiger partial charge is 0.399 e. The van der Waals surface area contributed by atoms with Crippen LogP contribution in [-0.4, -0.2) is 5.33 Å². The zero-order valence-corrected chi connectivity index (χ0v) is 8.19. The number of rotatable bonds is 2. The molecular formula is C9H12BrN. The third-order valence-corrected chi connectivity index (χ3v) is 2.12. The number of halogens is 1. The topological polar surface area (TPSA) is 26.0 Å². The number of nitrogens with two attached hydrogens (primary N) is 1. The number of hydrogen-bond acceptors (Lipinski definition) is 1. The van der Waals surface area contributed by atoms with Crippen molar-refractivity contribution in [2.24, 2.45) is 0 Å². The molecule has 0 aliphatic heterocycles. The van der Waals surface area contributed by atoms with Crippen molar-refractivity contribution in [1.82, 2.24) is 0 Å². The minimum absolute atomic E-state index is 0.892. The second kappa shape index (κ2) is 3.77. The smallest absolute Gasteiger partial charge is 0.0346 e. The number of benzene rings is 1. The first kappa shape index (κ1) is 8.60. The lowest BCUT2D eigenvalue weighted by atomic mass is 10.1. The minimum Gasteiger partial charge on any atom is -0.399 e. The van der Waals surface area contributed by atoms with Crippen molar-refractivity contribution in [2.75, 3.05) is 11.1 Å². The van der Waals surface area contributed by atoms with Crippen LogP contribution in [-0.2, 0) is 6.42 Å². The summed E-state index contributed by atoms with van der Waals surface area (Å²) in [5.41, 5.74) is 9.08. The molecule has 0 atom stereocenters. The van der Waals surface area contributed by atoms with Gasteiger partial charge in [0, 0.05) is 11.0 Å². The highest BCUT2D eigenvalue weighted by Gasteiger charge is 1.94. The summed E-state index contributed by atoms with van der Waals surface area (Å²) >= 11 is 3.39. The van der Waals surface area contributed by atoms with Crippen LogP contribution >= 0.6 is 15.9 Å². The van der Waals surface area contributed by atoms with E-state index in [-0.39, 0.29) is 0 Å². The molecule has 0 bridgehead atoms. The van der Waals surface area contributed by atoms with Crippen LogP contribution < -0.4 is 5.73 Å². The van der Waals surface area contributed by atoms with Crippen molar-refractivity contribution in [2.45, 2.75) is 13.3 Å². The molecule has 0 fully saturated rings. The summed E-state index contributed by atoms with van der Waals surface area (Å²) in [5, 5.41) is 0.996. The van der Waals surface area contributed by atoms with Crippen LogP contribution in [0.25, 0.3) is 0 Å². The van der Waals surface area contributed by atoms with Gasteiger partial charge in [-0.15, -0.1) is 0 Å². The highest BCUT2D eigenvalue weighted by atomic mass is 79.9. The van der Waals surface area contributed by atoms with Crippen molar-refractivity contribution in [3.05, 3.63) is 29.3 Å². The fourth-order valence-corrected chi connectivity index (χ4v) is 1.41. The number of hydrogen-bond donors (Lipinski definition) is 1. The molecule has 0 saturated heterocycles. The second-order valence-electron chi connectivity index (χ2n) is 2.63. The zero-order valence-electron chi connectivity index (χ0n) is 6.60. The number of anilines is 1. The first-order valence-corrected chi connectivity index (χ1v) is 4.77. The van der Waals surface area contributed by atoms with Gasteiger partial charge >= 0.3 is 0 Å². The average molecular weight is 214 g/mol. The molecule has 2 N–H and O–H groups in total. The fourth-order valence-electron chi connectivity index (χ4n) is 0.955. The molecule has 60 valence electrons. The van der Waals surface area contributed by atoms with Gasteiger partial charge in [0.25, 0.3) is 0 Å². The first-order valence-electron chi connectivity index (χ1n) is 3.65. The summed E-state index contributed by atoms with van der Waals surface area (Å²) < 4.78 is 0. The van der Waals surface area contributed by atoms with E-state index in [0.717, 1.165) is 23.0 Å². The van der Waals surface area contributed by atoms with Gasteiger partial charge in [-0.1, -0.05) is 28.1 Å². The lowest BCUT2D eigenvalue weighted by molar-refractivity contribution is 1.16. The van der Waals surface area contributed by atoms with Gasteiger partial charge in [-0.05, 0) is 30.5 Å². The van der Waals surface area contributed by atoms with E-state index < -0.39 is 0 Å². The fraction of sp³-hybridized carbons (Fsp3) is 0.333. The van der Waals surface area contributed by atoms with Crippen LogP contribution in [0.5, 0.6) is 0 Å². The average Bonchev–Trinajstić information content (AvgIpc) is 1.98. The lowest BCUT2D eigenvalue weighted by Crippen LogP contribution is -1.92. The van der Waals surface area contributed by atoms with Gasteiger partial charge in [-0.25, -0.2) is 0 Å². The summed E-state index contributed by atoms with van der Waals surface area (Å²) in [7, 11) is 0. The predicted octanol–water partition coefficient (Wildman–Crippen LogP) is 2.51. The van der Waals surface area contributed by atoms with Crippen LogP contribution in [0.2, 0.25) is 0 Å². The lowest BCUT2D eigenvalue weighted by Gasteiger charge is -2.02. The molecule has 0 unspecified atom stereocenters. The van der Waals surface area contributed by atoms with Gasteiger partial charge in [-0.2, -0.15) is 0 Å². The molecule has 1 aromatic rings. The van der Waals surface area contributed by atoms with Crippen LogP contribution in [0.15, 0.2) is 18.2 Å². The quantitative estimate of drug-likeness (QED) is 0.594. The Morgan fingerprint density at radius 2 is 2.18 bits per heavy atom. The SMILES string of the molecule is Cc1ccc(CCBr)cc1N. The Kier molecular flexibility index (Phi) is 2.94. The molecule has 0 aliphatic carbocycles. The summed E-state index contributed by atoms with van der Waals surface area (Å²) in [4.78, 5) is 0. The summed E-state index contributed by atoms with van der Waals surface area (Å²) in [5.74, 6) is 0. The zero-order chi connectivity index (χ0) is 8.27. The van der Waals surface area contributed by atoms with Crippen molar-refractivity contribution in [1.29, 1.82) is 0 Å². The predicted molar refractivity (Wildman–Crippen MR) is 53.1 cm³/mol. The van der Waals surface area contributed by atoms with Gasteiger partial charge in [0.15, 0.2) is 0 Å². The van der Waals surface area contributed by atoms with Crippen molar-refractivity contribution < 1.29 is 0 Å². The molecule has 1 aromatic carbocycles. The number of aryl methyl sites for hydroxylation is 2. The molecule has 0 spiro atoms. The Labute approximate surface area is 75.7 Å². The van der Waals surface area contributed by atoms with Crippen LogP contribution in [0.1, 0.15) is 11.1 Å². The van der Waals surface area contributed by atoms with Crippen molar-refractivity contribution in [3.63, 3.8) is 0 Å². The molecule has 11 heavy (non-hydrogen) atoms. The highest BCUT2D eigenvalue weighted by Crippen LogP contribution is 2.13. The molecule has 0 radical (unpaired) electrons. The van der Waals surface area contributed by atoms with E-state index in [1.807, 2.05) is 13.0 Å². The van der Waals surface area contributed by atoms with E-state index in [2.05, 4.69) is 28.1 Å². The first-order chi connectivity index (χ1) is 5.24. The molecule has 2 heteroatoms. The molecule has 0 aromatic heterocycles. The third-order valence-electron chi connectivity index (χ3n) is 1.73. The molecule has 0 amide bonds. The van der Waals surface area contributed by atoms with E-state index in [4.69, 9.17) is 5.73 Å². The molecular weight excluding hydrogens is 202 g/mol. The monoisotopic (exact) mass is 213 g/mol. The summed E-state index contributed by atoms with van der Waals surface area (Å²) in [6, 6.07) is 6.22.